The number of benzene rings is 2. The Balaban J connectivity index is 2.17. The summed E-state index contributed by atoms with van der Waals surface area (Å²) in [5.74, 6) is -0.225. The van der Waals surface area contributed by atoms with E-state index < -0.39 is 0 Å². The van der Waals surface area contributed by atoms with Crippen LogP contribution in [-0.4, -0.2) is 4.57 Å². The second-order valence-corrected chi connectivity index (χ2v) is 5.60. The van der Waals surface area contributed by atoms with Gasteiger partial charge in [-0.15, -0.1) is 0 Å². The van der Waals surface area contributed by atoms with E-state index in [1.54, 1.807) is 12.1 Å². The molecule has 0 fully saturated rings. The molecule has 0 radical (unpaired) electrons. The summed E-state index contributed by atoms with van der Waals surface area (Å²) in [6.45, 7) is 2.02. The average molecular weight is 330 g/mol. The highest BCUT2D eigenvalue weighted by Crippen LogP contribution is 2.27. The Labute approximate surface area is 125 Å². The molecule has 0 aliphatic heterocycles. The molecule has 0 bridgehead atoms. The van der Waals surface area contributed by atoms with Crippen LogP contribution in [0.1, 0.15) is 5.69 Å². The quantitative estimate of drug-likeness (QED) is 0.596. The van der Waals surface area contributed by atoms with Crippen LogP contribution in [0.25, 0.3) is 16.9 Å². The van der Waals surface area contributed by atoms with E-state index in [1.165, 1.54) is 6.07 Å². The molecular formula is C17H13BrFN. The molecular weight excluding hydrogens is 317 g/mol. The fraction of sp³-hybridized carbons (Fsp3) is 0.0588. The molecule has 1 heterocycles. The Bertz CT molecular complexity index is 744. The Hall–Kier alpha value is -1.87. The number of aromatic nitrogens is 1. The van der Waals surface area contributed by atoms with Gasteiger partial charge in [0.1, 0.15) is 5.82 Å². The summed E-state index contributed by atoms with van der Waals surface area (Å²) in [5, 5.41) is 0. The molecule has 0 amide bonds. The Morgan fingerprint density at radius 2 is 1.70 bits per heavy atom. The molecule has 0 unspecified atom stereocenters. The van der Waals surface area contributed by atoms with Crippen molar-refractivity contribution >= 4 is 15.9 Å². The maximum atomic E-state index is 13.5. The summed E-state index contributed by atoms with van der Waals surface area (Å²) in [7, 11) is 0. The van der Waals surface area contributed by atoms with E-state index in [0.29, 0.717) is 0 Å². The zero-order valence-electron chi connectivity index (χ0n) is 11.0. The van der Waals surface area contributed by atoms with Crippen molar-refractivity contribution in [2.75, 3.05) is 0 Å². The first-order chi connectivity index (χ1) is 9.65. The van der Waals surface area contributed by atoms with E-state index in [-0.39, 0.29) is 5.82 Å². The number of hydrogen-bond acceptors (Lipinski definition) is 0. The molecule has 3 aromatic rings. The summed E-state index contributed by atoms with van der Waals surface area (Å²) < 4.78 is 16.6. The molecule has 0 spiro atoms. The van der Waals surface area contributed by atoms with Crippen LogP contribution >= 0.6 is 15.9 Å². The largest absolute Gasteiger partial charge is 0.314 e. The smallest absolute Gasteiger partial charge is 0.125 e. The van der Waals surface area contributed by atoms with Crippen molar-refractivity contribution in [1.29, 1.82) is 0 Å². The molecule has 1 aromatic heterocycles. The predicted octanol–water partition coefficient (Wildman–Crippen LogP) is 5.35. The van der Waals surface area contributed by atoms with Gasteiger partial charge in [0.2, 0.25) is 0 Å². The average Bonchev–Trinajstić information content (AvgIpc) is 2.81. The summed E-state index contributed by atoms with van der Waals surface area (Å²) in [6, 6.07) is 18.9. The standard InChI is InChI=1S/C17H13BrFN/c1-12-5-10-17(13-6-8-14(18)9-7-13)20(12)16-4-2-3-15(19)11-16/h2-11H,1H3. The normalized spacial score (nSPS) is 10.8. The lowest BCUT2D eigenvalue weighted by molar-refractivity contribution is 0.626. The van der Waals surface area contributed by atoms with Gasteiger partial charge in [-0.1, -0.05) is 34.1 Å². The highest BCUT2D eigenvalue weighted by molar-refractivity contribution is 9.10. The van der Waals surface area contributed by atoms with E-state index in [4.69, 9.17) is 0 Å². The van der Waals surface area contributed by atoms with Crippen molar-refractivity contribution in [3.8, 4) is 16.9 Å². The van der Waals surface area contributed by atoms with Crippen LogP contribution in [0.2, 0.25) is 0 Å². The van der Waals surface area contributed by atoms with Crippen LogP contribution in [0, 0.1) is 12.7 Å². The van der Waals surface area contributed by atoms with Crippen LogP contribution in [0.15, 0.2) is 65.1 Å². The highest BCUT2D eigenvalue weighted by Gasteiger charge is 2.09. The minimum absolute atomic E-state index is 0.225. The molecule has 3 rings (SSSR count). The third kappa shape index (κ3) is 2.41. The molecule has 0 saturated heterocycles. The lowest BCUT2D eigenvalue weighted by Gasteiger charge is -2.12. The predicted molar refractivity (Wildman–Crippen MR) is 83.6 cm³/mol. The zero-order chi connectivity index (χ0) is 14.1. The number of hydrogen-bond donors (Lipinski definition) is 0. The first kappa shape index (κ1) is 13.1. The van der Waals surface area contributed by atoms with E-state index in [1.807, 2.05) is 31.2 Å². The lowest BCUT2D eigenvalue weighted by atomic mass is 10.1. The fourth-order valence-electron chi connectivity index (χ4n) is 2.34. The van der Waals surface area contributed by atoms with Crippen LogP contribution in [0.5, 0.6) is 0 Å². The van der Waals surface area contributed by atoms with Crippen LogP contribution in [-0.2, 0) is 0 Å². The molecule has 1 nitrogen and oxygen atoms in total. The van der Waals surface area contributed by atoms with Crippen molar-refractivity contribution < 1.29 is 4.39 Å². The number of rotatable bonds is 2. The Kier molecular flexibility index (Phi) is 3.45. The van der Waals surface area contributed by atoms with E-state index >= 15 is 0 Å². The summed E-state index contributed by atoms with van der Waals surface area (Å²) in [5.41, 5.74) is 4.07. The molecule has 0 saturated carbocycles. The van der Waals surface area contributed by atoms with Crippen LogP contribution in [0.4, 0.5) is 4.39 Å². The van der Waals surface area contributed by atoms with Gasteiger partial charge in [0.05, 0.1) is 5.69 Å². The van der Waals surface area contributed by atoms with Gasteiger partial charge in [0, 0.05) is 15.9 Å². The van der Waals surface area contributed by atoms with Crippen molar-refractivity contribution in [2.24, 2.45) is 0 Å². The molecule has 3 heteroatoms. The summed E-state index contributed by atoms with van der Waals surface area (Å²) >= 11 is 3.44. The van der Waals surface area contributed by atoms with Gasteiger partial charge in [-0.05, 0) is 55.0 Å². The number of nitrogens with zero attached hydrogens (tertiary/aromatic N) is 1. The van der Waals surface area contributed by atoms with Gasteiger partial charge < -0.3 is 4.57 Å². The minimum Gasteiger partial charge on any atom is -0.314 e. The van der Waals surface area contributed by atoms with Crippen molar-refractivity contribution in [3.63, 3.8) is 0 Å². The van der Waals surface area contributed by atoms with Crippen molar-refractivity contribution in [2.45, 2.75) is 6.92 Å². The zero-order valence-corrected chi connectivity index (χ0v) is 12.6. The topological polar surface area (TPSA) is 4.93 Å². The second kappa shape index (κ2) is 5.25. The summed E-state index contributed by atoms with van der Waals surface area (Å²) in [6.07, 6.45) is 0. The van der Waals surface area contributed by atoms with Crippen molar-refractivity contribution in [3.05, 3.63) is 76.6 Å². The van der Waals surface area contributed by atoms with Gasteiger partial charge in [-0.2, -0.15) is 0 Å². The Morgan fingerprint density at radius 1 is 0.950 bits per heavy atom. The molecule has 0 aliphatic carbocycles. The Morgan fingerprint density at radius 3 is 2.40 bits per heavy atom. The molecule has 0 aliphatic rings. The van der Waals surface area contributed by atoms with E-state index in [0.717, 1.165) is 27.1 Å². The number of halogens is 2. The lowest BCUT2D eigenvalue weighted by Crippen LogP contribution is -1.99. The first-order valence-electron chi connectivity index (χ1n) is 6.35. The van der Waals surface area contributed by atoms with Crippen LogP contribution < -0.4 is 0 Å². The third-order valence-corrected chi connectivity index (χ3v) is 3.81. The van der Waals surface area contributed by atoms with Gasteiger partial charge in [-0.3, -0.25) is 0 Å². The second-order valence-electron chi connectivity index (χ2n) is 4.68. The third-order valence-electron chi connectivity index (χ3n) is 3.28. The van der Waals surface area contributed by atoms with Crippen LogP contribution in [0.3, 0.4) is 0 Å². The maximum absolute atomic E-state index is 13.5. The monoisotopic (exact) mass is 329 g/mol. The van der Waals surface area contributed by atoms with Gasteiger partial charge in [0.15, 0.2) is 0 Å². The first-order valence-corrected chi connectivity index (χ1v) is 7.15. The van der Waals surface area contributed by atoms with E-state index in [9.17, 15) is 4.39 Å². The molecule has 2 aromatic carbocycles. The molecule has 0 atom stereocenters. The maximum Gasteiger partial charge on any atom is 0.125 e. The minimum atomic E-state index is -0.225. The summed E-state index contributed by atoms with van der Waals surface area (Å²) in [4.78, 5) is 0. The SMILES string of the molecule is Cc1ccc(-c2ccc(Br)cc2)n1-c1cccc(F)c1. The van der Waals surface area contributed by atoms with E-state index in [2.05, 4.69) is 38.7 Å². The molecule has 100 valence electrons. The number of aryl methyl sites for hydroxylation is 1. The van der Waals surface area contributed by atoms with Crippen molar-refractivity contribution in [1.82, 2.24) is 4.57 Å². The molecule has 20 heavy (non-hydrogen) atoms. The highest BCUT2D eigenvalue weighted by atomic mass is 79.9. The fourth-order valence-corrected chi connectivity index (χ4v) is 2.61. The van der Waals surface area contributed by atoms with Gasteiger partial charge in [-0.25, -0.2) is 4.39 Å². The van der Waals surface area contributed by atoms with Gasteiger partial charge >= 0.3 is 0 Å². The molecule has 0 N–H and O–H groups in total. The van der Waals surface area contributed by atoms with Gasteiger partial charge in [0.25, 0.3) is 0 Å².